The molecule has 0 atom stereocenters. The molecule has 3 N–H and O–H groups in total. The molecule has 0 saturated heterocycles. The standard InChI is InChI=1S/Al.Fe.Na.H3O4P.4H/c;;;1-5(2,3)4;;;;/h;;;(H3,1,2,3,4);;;;. The van der Waals surface area contributed by atoms with Crippen LogP contribution in [0, 0.1) is 0 Å². The van der Waals surface area contributed by atoms with Crippen LogP contribution in [0.1, 0.15) is 0 Å². The minimum absolute atomic E-state index is 0. The summed E-state index contributed by atoms with van der Waals surface area (Å²) < 4.78 is 8.88. The Morgan fingerprint density at radius 1 is 1.12 bits per heavy atom. The summed E-state index contributed by atoms with van der Waals surface area (Å²) in [6.45, 7) is 0. The van der Waals surface area contributed by atoms with Crippen LogP contribution in [0.15, 0.2) is 0 Å². The molecule has 0 aliphatic rings. The third kappa shape index (κ3) is 89.6. The normalized spacial score (nSPS) is 7.38. The molecule has 4 nitrogen and oxygen atoms in total. The summed E-state index contributed by atoms with van der Waals surface area (Å²) in [6.07, 6.45) is 0. The van der Waals surface area contributed by atoms with Crippen molar-refractivity contribution >= 4 is 54.7 Å². The zero-order valence-corrected chi connectivity index (χ0v) is 4.55. The van der Waals surface area contributed by atoms with Gasteiger partial charge in [-0.25, -0.2) is 4.57 Å². The first kappa shape index (κ1) is 22.5. The zero-order chi connectivity index (χ0) is 4.50. The molecule has 0 unspecified atom stereocenters. The van der Waals surface area contributed by atoms with Crippen molar-refractivity contribution in [3.05, 3.63) is 0 Å². The molecule has 0 rings (SSSR count). The summed E-state index contributed by atoms with van der Waals surface area (Å²) in [6, 6.07) is 0. The summed E-state index contributed by atoms with van der Waals surface area (Å²) in [5.41, 5.74) is 0. The van der Waals surface area contributed by atoms with Crippen molar-refractivity contribution in [1.82, 2.24) is 0 Å². The van der Waals surface area contributed by atoms with Crippen molar-refractivity contribution in [2.75, 3.05) is 0 Å². The zero-order valence-electron chi connectivity index (χ0n) is 2.55. The van der Waals surface area contributed by atoms with Gasteiger partial charge in [-0.1, -0.05) is 0 Å². The van der Waals surface area contributed by atoms with Crippen molar-refractivity contribution in [2.24, 2.45) is 0 Å². The van der Waals surface area contributed by atoms with Crippen molar-refractivity contribution < 1.29 is 36.3 Å². The second-order valence-corrected chi connectivity index (χ2v) is 1.54. The summed E-state index contributed by atoms with van der Waals surface area (Å²) in [5, 5.41) is 0. The first-order valence-electron chi connectivity index (χ1n) is 0.783. The average molecular weight is 208 g/mol. The Hall–Kier alpha value is 2.16. The monoisotopic (exact) mass is 208 g/mol. The average Bonchev–Trinajstić information content (AvgIpc) is 0.722. The Labute approximate surface area is 90.2 Å². The third-order valence-corrected chi connectivity index (χ3v) is 0. The van der Waals surface area contributed by atoms with E-state index in [0.29, 0.717) is 0 Å². The molecule has 0 bridgehead atoms. The topological polar surface area (TPSA) is 77.8 Å². The predicted octanol–water partition coefficient (Wildman–Crippen LogP) is -2.76. The molecule has 0 aliphatic carbocycles. The Kier molecular flexibility index (Phi) is 25.7. The molecule has 0 fully saturated rings. The van der Waals surface area contributed by atoms with Gasteiger partial charge in [-0.05, 0) is 0 Å². The summed E-state index contributed by atoms with van der Waals surface area (Å²) in [7, 11) is -4.64. The SMILES string of the molecule is O=P(O)(O)O.[AlH3].[Fe].[NaH]. The van der Waals surface area contributed by atoms with Crippen LogP contribution >= 0.6 is 7.82 Å². The fourth-order valence-electron chi connectivity index (χ4n) is 0. The van der Waals surface area contributed by atoms with Crippen molar-refractivity contribution in [2.45, 2.75) is 0 Å². The Morgan fingerprint density at radius 3 is 1.12 bits per heavy atom. The van der Waals surface area contributed by atoms with Gasteiger partial charge < -0.3 is 14.7 Å². The molecule has 48 valence electrons. The molecule has 0 aliphatic heterocycles. The third-order valence-electron chi connectivity index (χ3n) is 0. The van der Waals surface area contributed by atoms with Gasteiger partial charge in [0.15, 0.2) is 17.4 Å². The van der Waals surface area contributed by atoms with E-state index < -0.39 is 7.82 Å². The van der Waals surface area contributed by atoms with E-state index in [1.165, 1.54) is 0 Å². The molecule has 0 spiro atoms. The van der Waals surface area contributed by atoms with Crippen LogP contribution in [-0.4, -0.2) is 61.6 Å². The van der Waals surface area contributed by atoms with Crippen LogP contribution in [0.3, 0.4) is 0 Å². The van der Waals surface area contributed by atoms with Crippen molar-refractivity contribution in [1.29, 1.82) is 0 Å². The first-order valence-corrected chi connectivity index (χ1v) is 2.35. The van der Waals surface area contributed by atoms with Gasteiger partial charge in [-0.15, -0.1) is 0 Å². The van der Waals surface area contributed by atoms with Crippen LogP contribution in [-0.2, 0) is 21.6 Å². The van der Waals surface area contributed by atoms with Gasteiger partial charge >= 0.3 is 37.4 Å². The Morgan fingerprint density at radius 2 is 1.12 bits per heavy atom. The van der Waals surface area contributed by atoms with Gasteiger partial charge in [0.05, 0.1) is 0 Å². The molecule has 0 aromatic rings. The number of hydrogen-bond acceptors (Lipinski definition) is 1. The van der Waals surface area contributed by atoms with E-state index in [0.717, 1.165) is 0 Å². The minimum atomic E-state index is -4.64. The molecule has 0 aromatic carbocycles. The quantitative estimate of drug-likeness (QED) is 0.297. The Balaban J connectivity index is -0.0000000267. The van der Waals surface area contributed by atoms with E-state index >= 15 is 0 Å². The van der Waals surface area contributed by atoms with Gasteiger partial charge in [0.1, 0.15) is 0 Å². The second-order valence-electron chi connectivity index (χ2n) is 0.513. The summed E-state index contributed by atoms with van der Waals surface area (Å²) >= 11 is 0. The second kappa shape index (κ2) is 9.16. The molecule has 0 radical (unpaired) electrons. The van der Waals surface area contributed by atoms with E-state index in [9.17, 15) is 0 Å². The van der Waals surface area contributed by atoms with Crippen LogP contribution < -0.4 is 0 Å². The summed E-state index contributed by atoms with van der Waals surface area (Å²) in [5.74, 6) is 0. The Bertz CT molecular complexity index is 62.2. The fraction of sp³-hybridized carbons (Fsp3) is 0. The van der Waals surface area contributed by atoms with Crippen LogP contribution in [0.5, 0.6) is 0 Å². The van der Waals surface area contributed by atoms with Gasteiger partial charge in [0.25, 0.3) is 0 Å². The van der Waals surface area contributed by atoms with Gasteiger partial charge in [-0.3, -0.25) is 0 Å². The van der Waals surface area contributed by atoms with Crippen LogP contribution in [0.4, 0.5) is 0 Å². The number of hydrogen-bond donors (Lipinski definition) is 3. The molecule has 0 heterocycles. The predicted molar refractivity (Wildman–Crippen MR) is 31.4 cm³/mol. The van der Waals surface area contributed by atoms with E-state index in [1.54, 1.807) is 0 Å². The van der Waals surface area contributed by atoms with E-state index in [4.69, 9.17) is 19.2 Å². The summed E-state index contributed by atoms with van der Waals surface area (Å²) in [4.78, 5) is 21.6. The number of rotatable bonds is 0. The number of phosphoric acid groups is 1. The van der Waals surface area contributed by atoms with Crippen LogP contribution in [0.25, 0.3) is 0 Å². The molecular formula is H7AlFeNaO4P. The van der Waals surface area contributed by atoms with Crippen molar-refractivity contribution in [3.8, 4) is 0 Å². The van der Waals surface area contributed by atoms with Gasteiger partial charge in [0, 0.05) is 17.1 Å². The maximum atomic E-state index is 8.88. The van der Waals surface area contributed by atoms with E-state index in [1.807, 2.05) is 0 Å². The van der Waals surface area contributed by atoms with Crippen molar-refractivity contribution in [3.63, 3.8) is 0 Å². The van der Waals surface area contributed by atoms with Gasteiger partial charge in [0.2, 0.25) is 0 Å². The maximum absolute atomic E-state index is 8.88. The molecule has 0 saturated carbocycles. The van der Waals surface area contributed by atoms with Gasteiger partial charge in [-0.2, -0.15) is 0 Å². The molecule has 8 heteroatoms. The molecule has 0 amide bonds. The van der Waals surface area contributed by atoms with Crippen LogP contribution in [0.2, 0.25) is 0 Å². The van der Waals surface area contributed by atoms with E-state index in [-0.39, 0.29) is 64.0 Å². The fourth-order valence-corrected chi connectivity index (χ4v) is 0. The molecule has 8 heavy (non-hydrogen) atoms. The van der Waals surface area contributed by atoms with E-state index in [2.05, 4.69) is 0 Å². The molecular weight excluding hydrogens is 201 g/mol. The molecule has 0 aromatic heterocycles. The first-order chi connectivity index (χ1) is 2.00.